The molecule has 0 aromatic carbocycles. The van der Waals surface area contributed by atoms with Crippen LogP contribution in [0, 0.1) is 22.7 Å². The number of aliphatic hydroxyl groups excluding tert-OH is 4. The Morgan fingerprint density at radius 3 is 2.27 bits per heavy atom. The van der Waals surface area contributed by atoms with Crippen LogP contribution in [0.1, 0.15) is 83.6 Å². The Hall–Kier alpha value is -1.37. The molecule has 10 heteroatoms. The molecule has 5 aliphatic rings. The van der Waals surface area contributed by atoms with Crippen LogP contribution in [-0.4, -0.2) is 84.8 Å². The lowest BCUT2D eigenvalue weighted by molar-refractivity contribution is -0.319. The second-order valence-corrected chi connectivity index (χ2v) is 13.9. The van der Waals surface area contributed by atoms with Crippen molar-refractivity contribution in [2.24, 2.45) is 22.7 Å². The standard InChI is InChI=1S/C30H44O10/c1-15-23(33)24(34)25(35)26(39-15)40-17-6-9-27(2)18-7-10-28(3)22(16-4-5-21(32)38-14-16)20(31)13-30(28,37)19(18)8-11-29(27,36)12-17/h4-5,14-15,17-20,22-26,31,33-37H,6-13H2,1-3H3/t15-,17-,18-,19+,20-,22-,23-,24+,25+,26-,27+,28+,29-,30-/m0/s1. The Balaban J connectivity index is 1.22. The van der Waals surface area contributed by atoms with Gasteiger partial charge in [0.05, 0.1) is 35.8 Å². The normalized spacial score (nSPS) is 54.3. The lowest BCUT2D eigenvalue weighted by Gasteiger charge is -2.66. The van der Waals surface area contributed by atoms with Crippen LogP contribution < -0.4 is 5.63 Å². The quantitative estimate of drug-likeness (QED) is 0.293. The van der Waals surface area contributed by atoms with E-state index < -0.39 is 70.6 Å². The Morgan fingerprint density at radius 1 is 0.875 bits per heavy atom. The molecule has 2 heterocycles. The van der Waals surface area contributed by atoms with Crippen molar-refractivity contribution < 1.29 is 44.5 Å². The Labute approximate surface area is 233 Å². The third-order valence-electron chi connectivity index (χ3n) is 12.2. The average molecular weight is 565 g/mol. The van der Waals surface area contributed by atoms with E-state index in [0.717, 1.165) is 12.0 Å². The first-order chi connectivity index (χ1) is 18.7. The first kappa shape index (κ1) is 28.7. The van der Waals surface area contributed by atoms with Gasteiger partial charge in [-0.3, -0.25) is 0 Å². The van der Waals surface area contributed by atoms with Crippen LogP contribution in [0.4, 0.5) is 0 Å². The van der Waals surface area contributed by atoms with Crippen LogP contribution in [0.5, 0.6) is 0 Å². The number of hydrogen-bond donors (Lipinski definition) is 6. The summed E-state index contributed by atoms with van der Waals surface area (Å²) < 4.78 is 16.9. The van der Waals surface area contributed by atoms with Crippen molar-refractivity contribution in [2.75, 3.05) is 0 Å². The number of rotatable bonds is 3. The SMILES string of the molecule is C[C@@H]1O[C@@H](O[C@H]2CC[C@]3(C)[C@H]4CC[C@]5(C)[C@@H](c6ccc(=O)oc6)[C@@H](O)C[C@]5(O)[C@@H]4CC[C@]3(O)C2)[C@H](O)[C@H](O)[C@H]1O. The molecule has 1 aromatic rings. The summed E-state index contributed by atoms with van der Waals surface area (Å²) >= 11 is 0. The van der Waals surface area contributed by atoms with Crippen molar-refractivity contribution in [3.05, 3.63) is 34.4 Å². The van der Waals surface area contributed by atoms with E-state index in [4.69, 9.17) is 13.9 Å². The maximum absolute atomic E-state index is 12.4. The third-order valence-corrected chi connectivity index (χ3v) is 12.2. The zero-order valence-corrected chi connectivity index (χ0v) is 23.5. The lowest BCUT2D eigenvalue weighted by atomic mass is 9.42. The van der Waals surface area contributed by atoms with Crippen LogP contribution in [-0.2, 0) is 9.47 Å². The van der Waals surface area contributed by atoms with Crippen LogP contribution in [0.3, 0.4) is 0 Å². The fourth-order valence-corrected chi connectivity index (χ4v) is 9.79. The van der Waals surface area contributed by atoms with E-state index in [1.165, 1.54) is 12.3 Å². The highest BCUT2D eigenvalue weighted by Crippen LogP contribution is 2.71. The molecule has 0 spiro atoms. The molecule has 1 aliphatic heterocycles. The van der Waals surface area contributed by atoms with E-state index in [9.17, 15) is 35.4 Å². The maximum Gasteiger partial charge on any atom is 0.335 e. The molecule has 6 N–H and O–H groups in total. The number of hydrogen-bond acceptors (Lipinski definition) is 10. The van der Waals surface area contributed by atoms with Crippen LogP contribution in [0.25, 0.3) is 0 Å². The molecular weight excluding hydrogens is 520 g/mol. The highest BCUT2D eigenvalue weighted by Gasteiger charge is 2.71. The number of ether oxygens (including phenoxy) is 2. The van der Waals surface area contributed by atoms with Crippen LogP contribution >= 0.6 is 0 Å². The Morgan fingerprint density at radius 2 is 1.57 bits per heavy atom. The van der Waals surface area contributed by atoms with Crippen LogP contribution in [0.2, 0.25) is 0 Å². The summed E-state index contributed by atoms with van der Waals surface area (Å²) in [5.41, 5.74) is -3.02. The number of aliphatic hydroxyl groups is 6. The van der Waals surface area contributed by atoms with Crippen molar-refractivity contribution in [1.29, 1.82) is 0 Å². The summed E-state index contributed by atoms with van der Waals surface area (Å²) in [7, 11) is 0. The summed E-state index contributed by atoms with van der Waals surface area (Å²) in [6, 6.07) is 3.05. The van der Waals surface area contributed by atoms with Gasteiger partial charge in [-0.15, -0.1) is 0 Å². The molecule has 14 atom stereocenters. The zero-order chi connectivity index (χ0) is 28.8. The lowest BCUT2D eigenvalue weighted by Crippen LogP contribution is -2.67. The van der Waals surface area contributed by atoms with Gasteiger partial charge in [0, 0.05) is 30.2 Å². The van der Waals surface area contributed by atoms with Gasteiger partial charge < -0.3 is 44.5 Å². The van der Waals surface area contributed by atoms with Gasteiger partial charge in [0.15, 0.2) is 6.29 Å². The fourth-order valence-electron chi connectivity index (χ4n) is 9.79. The molecule has 1 saturated heterocycles. The van der Waals surface area contributed by atoms with E-state index >= 15 is 0 Å². The maximum atomic E-state index is 12.4. The molecule has 224 valence electrons. The molecule has 4 aliphatic carbocycles. The van der Waals surface area contributed by atoms with Gasteiger partial charge in [-0.25, -0.2) is 4.79 Å². The molecule has 0 bridgehead atoms. The largest absolute Gasteiger partial charge is 0.431 e. The second kappa shape index (κ2) is 9.57. The van der Waals surface area contributed by atoms with Crippen molar-refractivity contribution in [2.45, 2.75) is 132 Å². The summed E-state index contributed by atoms with van der Waals surface area (Å²) in [6.45, 7) is 5.78. The predicted octanol–water partition coefficient (Wildman–Crippen LogP) is 1.18. The Bertz CT molecular complexity index is 1150. The summed E-state index contributed by atoms with van der Waals surface area (Å²) in [5, 5.41) is 66.5. The minimum Gasteiger partial charge on any atom is -0.431 e. The van der Waals surface area contributed by atoms with Gasteiger partial charge in [0.25, 0.3) is 0 Å². The highest BCUT2D eigenvalue weighted by atomic mass is 16.7. The molecule has 0 unspecified atom stereocenters. The predicted molar refractivity (Wildman–Crippen MR) is 141 cm³/mol. The fraction of sp³-hybridized carbons (Fsp3) is 0.833. The van der Waals surface area contributed by atoms with E-state index in [0.29, 0.717) is 38.5 Å². The van der Waals surface area contributed by atoms with Crippen LogP contribution in [0.15, 0.2) is 27.6 Å². The molecule has 10 nitrogen and oxygen atoms in total. The molecule has 0 amide bonds. The second-order valence-electron chi connectivity index (χ2n) is 13.9. The smallest absolute Gasteiger partial charge is 0.335 e. The van der Waals surface area contributed by atoms with Crippen molar-refractivity contribution >= 4 is 0 Å². The van der Waals surface area contributed by atoms with Gasteiger partial charge >= 0.3 is 5.63 Å². The number of fused-ring (bicyclic) bond motifs is 5. The molecule has 4 saturated carbocycles. The first-order valence-corrected chi connectivity index (χ1v) is 14.8. The van der Waals surface area contributed by atoms with Crippen molar-refractivity contribution in [3.8, 4) is 0 Å². The van der Waals surface area contributed by atoms with Crippen molar-refractivity contribution in [3.63, 3.8) is 0 Å². The van der Waals surface area contributed by atoms with E-state index in [2.05, 4.69) is 6.92 Å². The van der Waals surface area contributed by atoms with Gasteiger partial charge in [0.2, 0.25) is 0 Å². The molecule has 40 heavy (non-hydrogen) atoms. The van der Waals surface area contributed by atoms with E-state index in [1.54, 1.807) is 13.0 Å². The first-order valence-electron chi connectivity index (χ1n) is 14.8. The molecule has 6 rings (SSSR count). The monoisotopic (exact) mass is 564 g/mol. The average Bonchev–Trinajstić information content (AvgIpc) is 3.12. The topological polar surface area (TPSA) is 170 Å². The molecular formula is C30H44O10. The van der Waals surface area contributed by atoms with Gasteiger partial charge in [-0.1, -0.05) is 13.8 Å². The minimum atomic E-state index is -1.39. The van der Waals surface area contributed by atoms with Gasteiger partial charge in [0.1, 0.15) is 18.3 Å². The molecule has 1 aromatic heterocycles. The molecule has 5 fully saturated rings. The summed E-state index contributed by atoms with van der Waals surface area (Å²) in [4.78, 5) is 11.6. The Kier molecular flexibility index (Phi) is 6.88. The summed E-state index contributed by atoms with van der Waals surface area (Å²) in [5.74, 6) is -0.428. The summed E-state index contributed by atoms with van der Waals surface area (Å²) in [6.07, 6.45) is -1.18. The molecule has 0 radical (unpaired) electrons. The van der Waals surface area contributed by atoms with Crippen molar-refractivity contribution in [1.82, 2.24) is 0 Å². The van der Waals surface area contributed by atoms with Gasteiger partial charge in [-0.2, -0.15) is 0 Å². The van der Waals surface area contributed by atoms with E-state index in [1.807, 2.05) is 6.92 Å². The van der Waals surface area contributed by atoms with E-state index in [-0.39, 0.29) is 24.2 Å². The minimum absolute atomic E-state index is 0.0402. The third kappa shape index (κ3) is 3.94. The highest BCUT2D eigenvalue weighted by molar-refractivity contribution is 5.30. The van der Waals surface area contributed by atoms with Gasteiger partial charge in [-0.05, 0) is 74.3 Å². The zero-order valence-electron chi connectivity index (χ0n) is 23.5.